The van der Waals surface area contributed by atoms with Gasteiger partial charge in [0.25, 0.3) is 0 Å². The highest BCUT2D eigenvalue weighted by molar-refractivity contribution is 7.99. The van der Waals surface area contributed by atoms with Gasteiger partial charge in [-0.15, -0.1) is 0 Å². The van der Waals surface area contributed by atoms with Gasteiger partial charge in [0.1, 0.15) is 0 Å². The molecule has 0 atom stereocenters. The molecule has 37 heavy (non-hydrogen) atoms. The molecular weight excluding hydrogens is 464 g/mol. The molecule has 0 bridgehead atoms. The largest absolute Gasteiger partial charge is 0.0901 e. The lowest BCUT2D eigenvalue weighted by Crippen LogP contribution is -1.78. The van der Waals surface area contributed by atoms with E-state index < -0.39 is 0 Å². The maximum Gasteiger partial charge on any atom is 0.0122 e. The van der Waals surface area contributed by atoms with Crippen LogP contribution in [0.1, 0.15) is 22.3 Å². The Morgan fingerprint density at radius 2 is 0.676 bits per heavy atom. The average Bonchev–Trinajstić information content (AvgIpc) is 2.96. The van der Waals surface area contributed by atoms with Crippen LogP contribution in [0, 0.1) is 0 Å². The van der Waals surface area contributed by atoms with Crippen LogP contribution in [0.3, 0.4) is 0 Å². The van der Waals surface area contributed by atoms with Gasteiger partial charge in [-0.05, 0) is 80.2 Å². The molecular formula is C36H26S. The third kappa shape index (κ3) is 5.74. The first kappa shape index (κ1) is 23.1. The summed E-state index contributed by atoms with van der Waals surface area (Å²) in [5.41, 5.74) is 4.83. The van der Waals surface area contributed by atoms with Gasteiger partial charge < -0.3 is 0 Å². The first-order valence-corrected chi connectivity index (χ1v) is 13.3. The van der Waals surface area contributed by atoms with E-state index >= 15 is 0 Å². The van der Waals surface area contributed by atoms with Crippen LogP contribution in [-0.4, -0.2) is 0 Å². The summed E-state index contributed by atoms with van der Waals surface area (Å²) >= 11 is 1.79. The van der Waals surface area contributed by atoms with Crippen molar-refractivity contribution in [2.75, 3.05) is 0 Å². The Morgan fingerprint density at radius 1 is 0.324 bits per heavy atom. The fourth-order valence-electron chi connectivity index (χ4n) is 4.44. The summed E-state index contributed by atoms with van der Waals surface area (Å²) in [5.74, 6) is 0. The standard InChI is InChI=1S/C36H26S/c1-3-7-33-25-29(13-19-31(33)5-1)11-9-27-15-21-35(22-16-27)37-36-23-17-28(18-24-36)10-12-30-14-20-32-6-2-4-8-34(32)26-30/h1-26H/b11-9+,12-10+. The van der Waals surface area contributed by atoms with E-state index in [1.165, 1.54) is 53.6 Å². The molecule has 0 aromatic heterocycles. The number of hydrogen-bond acceptors (Lipinski definition) is 1. The maximum absolute atomic E-state index is 2.23. The molecule has 0 aliphatic carbocycles. The number of hydrogen-bond donors (Lipinski definition) is 0. The van der Waals surface area contributed by atoms with Crippen molar-refractivity contribution in [2.24, 2.45) is 0 Å². The van der Waals surface area contributed by atoms with Crippen LogP contribution < -0.4 is 0 Å². The number of fused-ring (bicyclic) bond motifs is 2. The Hall–Kier alpha value is -4.33. The molecule has 0 saturated heterocycles. The van der Waals surface area contributed by atoms with Crippen molar-refractivity contribution in [3.63, 3.8) is 0 Å². The Labute approximate surface area is 222 Å². The van der Waals surface area contributed by atoms with Crippen molar-refractivity contribution in [2.45, 2.75) is 9.79 Å². The van der Waals surface area contributed by atoms with E-state index in [0.717, 1.165) is 0 Å². The van der Waals surface area contributed by atoms with E-state index in [9.17, 15) is 0 Å². The first-order chi connectivity index (χ1) is 18.3. The van der Waals surface area contributed by atoms with Crippen LogP contribution in [0.15, 0.2) is 143 Å². The molecule has 0 fully saturated rings. The zero-order valence-corrected chi connectivity index (χ0v) is 21.2. The van der Waals surface area contributed by atoms with Gasteiger partial charge in [0.15, 0.2) is 0 Å². The quantitative estimate of drug-likeness (QED) is 0.209. The summed E-state index contributed by atoms with van der Waals surface area (Å²) in [6.07, 6.45) is 8.71. The summed E-state index contributed by atoms with van der Waals surface area (Å²) in [6.45, 7) is 0. The number of benzene rings is 6. The smallest absolute Gasteiger partial charge is 0.0122 e. The van der Waals surface area contributed by atoms with E-state index in [-0.39, 0.29) is 0 Å². The molecule has 0 spiro atoms. The van der Waals surface area contributed by atoms with E-state index in [0.29, 0.717) is 0 Å². The van der Waals surface area contributed by atoms with Crippen molar-refractivity contribution in [3.8, 4) is 0 Å². The second kappa shape index (κ2) is 10.7. The van der Waals surface area contributed by atoms with E-state index in [1.54, 1.807) is 11.8 Å². The Balaban J connectivity index is 1.08. The van der Waals surface area contributed by atoms with Crippen LogP contribution in [0.25, 0.3) is 45.8 Å². The van der Waals surface area contributed by atoms with Gasteiger partial charge in [0.05, 0.1) is 0 Å². The van der Waals surface area contributed by atoms with E-state index in [2.05, 4.69) is 158 Å². The van der Waals surface area contributed by atoms with Crippen LogP contribution in [0.4, 0.5) is 0 Å². The molecule has 0 heterocycles. The first-order valence-electron chi connectivity index (χ1n) is 12.5. The Kier molecular flexibility index (Phi) is 6.70. The van der Waals surface area contributed by atoms with Gasteiger partial charge >= 0.3 is 0 Å². The normalized spacial score (nSPS) is 11.7. The molecule has 6 aromatic rings. The fraction of sp³-hybridized carbons (Fsp3) is 0. The molecule has 0 amide bonds. The third-order valence-electron chi connectivity index (χ3n) is 6.48. The molecule has 0 aliphatic rings. The Morgan fingerprint density at radius 3 is 1.11 bits per heavy atom. The monoisotopic (exact) mass is 490 g/mol. The molecule has 6 aromatic carbocycles. The Bertz CT molecular complexity index is 1590. The summed E-state index contributed by atoms with van der Waals surface area (Å²) in [4.78, 5) is 2.48. The maximum atomic E-state index is 2.23. The highest BCUT2D eigenvalue weighted by Crippen LogP contribution is 2.29. The minimum Gasteiger partial charge on any atom is -0.0901 e. The van der Waals surface area contributed by atoms with Gasteiger partial charge in [-0.3, -0.25) is 0 Å². The van der Waals surface area contributed by atoms with Gasteiger partial charge in [0.2, 0.25) is 0 Å². The topological polar surface area (TPSA) is 0 Å². The highest BCUT2D eigenvalue weighted by atomic mass is 32.2. The summed E-state index contributed by atoms with van der Waals surface area (Å²) in [5, 5.41) is 5.09. The lowest BCUT2D eigenvalue weighted by Gasteiger charge is -2.04. The molecule has 0 unspecified atom stereocenters. The second-order valence-electron chi connectivity index (χ2n) is 9.12. The molecule has 176 valence electrons. The van der Waals surface area contributed by atoms with Crippen LogP contribution >= 0.6 is 11.8 Å². The van der Waals surface area contributed by atoms with Crippen molar-refractivity contribution >= 4 is 57.6 Å². The summed E-state index contributed by atoms with van der Waals surface area (Å²) < 4.78 is 0. The van der Waals surface area contributed by atoms with Crippen molar-refractivity contribution in [3.05, 3.63) is 156 Å². The van der Waals surface area contributed by atoms with Crippen LogP contribution in [-0.2, 0) is 0 Å². The molecule has 1 heteroatoms. The second-order valence-corrected chi connectivity index (χ2v) is 10.3. The van der Waals surface area contributed by atoms with Crippen molar-refractivity contribution in [1.29, 1.82) is 0 Å². The SMILES string of the molecule is C(=C\c1ccc2ccccc2c1)/c1ccc(Sc2ccc(/C=C/c3ccc4ccccc4c3)cc2)cc1. The fourth-order valence-corrected chi connectivity index (χ4v) is 5.25. The van der Waals surface area contributed by atoms with Crippen LogP contribution in [0.2, 0.25) is 0 Å². The predicted octanol–water partition coefficient (Wildman–Crippen LogP) is 10.5. The van der Waals surface area contributed by atoms with E-state index in [4.69, 9.17) is 0 Å². The lowest BCUT2D eigenvalue weighted by atomic mass is 10.1. The van der Waals surface area contributed by atoms with Crippen molar-refractivity contribution in [1.82, 2.24) is 0 Å². The molecule has 6 rings (SSSR count). The number of rotatable bonds is 6. The van der Waals surface area contributed by atoms with E-state index in [1.807, 2.05) is 0 Å². The van der Waals surface area contributed by atoms with Gasteiger partial charge in [-0.2, -0.15) is 0 Å². The van der Waals surface area contributed by atoms with Gasteiger partial charge in [-0.25, -0.2) is 0 Å². The predicted molar refractivity (Wildman–Crippen MR) is 163 cm³/mol. The molecule has 0 radical (unpaired) electrons. The average molecular weight is 491 g/mol. The molecule has 0 N–H and O–H groups in total. The lowest BCUT2D eigenvalue weighted by molar-refractivity contribution is 1.40. The molecule has 0 aliphatic heterocycles. The third-order valence-corrected chi connectivity index (χ3v) is 7.50. The van der Waals surface area contributed by atoms with Crippen LogP contribution in [0.5, 0.6) is 0 Å². The zero-order chi connectivity index (χ0) is 24.9. The van der Waals surface area contributed by atoms with Gasteiger partial charge in [0, 0.05) is 9.79 Å². The molecule has 0 nitrogen and oxygen atoms in total. The minimum atomic E-state index is 1.20. The highest BCUT2D eigenvalue weighted by Gasteiger charge is 1.99. The zero-order valence-electron chi connectivity index (χ0n) is 20.4. The molecule has 0 saturated carbocycles. The van der Waals surface area contributed by atoms with Crippen molar-refractivity contribution < 1.29 is 0 Å². The summed E-state index contributed by atoms with van der Waals surface area (Å²) in [7, 11) is 0. The summed E-state index contributed by atoms with van der Waals surface area (Å²) in [6, 6.07) is 47.6. The minimum absolute atomic E-state index is 1.20. The van der Waals surface area contributed by atoms with Gasteiger partial charge in [-0.1, -0.05) is 133 Å².